The highest BCUT2D eigenvalue weighted by Crippen LogP contribution is 2.34. The predicted octanol–water partition coefficient (Wildman–Crippen LogP) is 4.16. The van der Waals surface area contributed by atoms with Crippen LogP contribution in [0.5, 0.6) is 0 Å². The first-order chi connectivity index (χ1) is 13.1. The largest absolute Gasteiger partial charge is 0.416 e. The molecule has 3 rings (SSSR count). The fourth-order valence-electron chi connectivity index (χ4n) is 2.67. The second-order valence-electron chi connectivity index (χ2n) is 6.00. The third kappa shape index (κ3) is 4.21. The first-order valence-electron chi connectivity index (χ1n) is 8.01. The molecule has 0 radical (unpaired) electrons. The normalized spacial score (nSPS) is 13.5. The molecule has 0 aliphatic heterocycles. The Balaban J connectivity index is 2.07. The third-order valence-corrected chi connectivity index (χ3v) is 5.98. The minimum absolute atomic E-state index is 0.313. The zero-order valence-electron chi connectivity index (χ0n) is 14.5. The number of benzene rings is 2. The molecule has 0 saturated heterocycles. The first-order valence-corrected chi connectivity index (χ1v) is 9.87. The van der Waals surface area contributed by atoms with Gasteiger partial charge in [0.05, 0.1) is 10.6 Å². The lowest BCUT2D eigenvalue weighted by molar-refractivity contribution is -0.137. The van der Waals surface area contributed by atoms with Gasteiger partial charge >= 0.3 is 6.18 Å². The van der Waals surface area contributed by atoms with Gasteiger partial charge in [-0.2, -0.15) is 17.9 Å². The zero-order chi connectivity index (χ0) is 20.5. The van der Waals surface area contributed by atoms with Gasteiger partial charge in [0, 0.05) is 19.4 Å². The van der Waals surface area contributed by atoms with E-state index in [9.17, 15) is 21.6 Å². The number of sulfonamides is 1. The molecule has 0 saturated carbocycles. The summed E-state index contributed by atoms with van der Waals surface area (Å²) in [4.78, 5) is 3.52. The van der Waals surface area contributed by atoms with Crippen LogP contribution in [-0.2, 0) is 23.2 Å². The molecular formula is C18H15ClF3N3O2S. The Morgan fingerprint density at radius 2 is 1.82 bits per heavy atom. The van der Waals surface area contributed by atoms with E-state index >= 15 is 0 Å². The van der Waals surface area contributed by atoms with Crippen molar-refractivity contribution < 1.29 is 21.6 Å². The van der Waals surface area contributed by atoms with Crippen LogP contribution < -0.4 is 4.72 Å². The molecule has 0 aliphatic carbocycles. The van der Waals surface area contributed by atoms with E-state index < -0.39 is 32.7 Å². The summed E-state index contributed by atoms with van der Waals surface area (Å²) in [6.07, 6.45) is -1.57. The Morgan fingerprint density at radius 3 is 2.39 bits per heavy atom. The maximum Gasteiger partial charge on any atom is 0.416 e. The van der Waals surface area contributed by atoms with Crippen molar-refractivity contribution in [3.05, 3.63) is 82.9 Å². The molecule has 1 aromatic heterocycles. The van der Waals surface area contributed by atoms with E-state index in [0.29, 0.717) is 17.5 Å². The zero-order valence-corrected chi connectivity index (χ0v) is 16.1. The number of nitrogens with zero attached hydrogens (tertiary/aromatic N) is 2. The van der Waals surface area contributed by atoms with Crippen LogP contribution in [-0.4, -0.2) is 18.0 Å². The standard InChI is InChI=1S/C18H15ClF3N3O2S/c1-25-10-9-23-17(25)16(12-5-3-2-4-6-12)24-28(26,27)15-11-13(18(20,21)22)7-8-14(15)19/h2-11,16,24H,1H3. The van der Waals surface area contributed by atoms with Crippen molar-refractivity contribution in [2.24, 2.45) is 7.05 Å². The summed E-state index contributed by atoms with van der Waals surface area (Å²) in [5.41, 5.74) is -0.533. The molecule has 1 unspecified atom stereocenters. The van der Waals surface area contributed by atoms with Gasteiger partial charge in [0.25, 0.3) is 0 Å². The summed E-state index contributed by atoms with van der Waals surface area (Å²) in [6, 6.07) is 9.82. The van der Waals surface area contributed by atoms with Crippen LogP contribution >= 0.6 is 11.6 Å². The summed E-state index contributed by atoms with van der Waals surface area (Å²) >= 11 is 5.91. The number of aryl methyl sites for hydroxylation is 1. The average Bonchev–Trinajstić information content (AvgIpc) is 3.05. The molecule has 2 aromatic carbocycles. The van der Waals surface area contributed by atoms with Gasteiger partial charge in [-0.25, -0.2) is 13.4 Å². The number of halogens is 4. The quantitative estimate of drug-likeness (QED) is 0.662. The van der Waals surface area contributed by atoms with Crippen LogP contribution in [0.1, 0.15) is 23.0 Å². The van der Waals surface area contributed by atoms with Crippen LogP contribution in [0, 0.1) is 0 Å². The minimum Gasteiger partial charge on any atom is -0.336 e. The summed E-state index contributed by atoms with van der Waals surface area (Å²) in [7, 11) is -2.71. The number of rotatable bonds is 5. The maximum absolute atomic E-state index is 13.0. The molecule has 1 atom stereocenters. The SMILES string of the molecule is Cn1ccnc1C(NS(=O)(=O)c1cc(C(F)(F)F)ccc1Cl)c1ccccc1. The van der Waals surface area contributed by atoms with Gasteiger partial charge in [-0.05, 0) is 23.8 Å². The topological polar surface area (TPSA) is 64.0 Å². The van der Waals surface area contributed by atoms with Crippen LogP contribution in [0.2, 0.25) is 5.02 Å². The van der Waals surface area contributed by atoms with Gasteiger partial charge in [-0.1, -0.05) is 41.9 Å². The molecule has 1 heterocycles. The molecule has 0 fully saturated rings. The number of aromatic nitrogens is 2. The highest BCUT2D eigenvalue weighted by atomic mass is 35.5. The molecule has 0 amide bonds. The van der Waals surface area contributed by atoms with Crippen molar-refractivity contribution in [3.8, 4) is 0 Å². The van der Waals surface area contributed by atoms with E-state index in [2.05, 4.69) is 9.71 Å². The molecule has 0 spiro atoms. The van der Waals surface area contributed by atoms with Crippen LogP contribution in [0.4, 0.5) is 13.2 Å². The molecule has 0 aliphatic rings. The van der Waals surface area contributed by atoms with Gasteiger partial charge in [0.2, 0.25) is 10.0 Å². The van der Waals surface area contributed by atoms with Gasteiger partial charge in [0.15, 0.2) is 0 Å². The lowest BCUT2D eigenvalue weighted by Gasteiger charge is -2.20. The summed E-state index contributed by atoms with van der Waals surface area (Å²) in [5, 5.41) is -0.313. The third-order valence-electron chi connectivity index (χ3n) is 4.07. The van der Waals surface area contributed by atoms with Crippen molar-refractivity contribution >= 4 is 21.6 Å². The molecule has 10 heteroatoms. The van der Waals surface area contributed by atoms with Crippen molar-refractivity contribution in [1.29, 1.82) is 0 Å². The van der Waals surface area contributed by atoms with Crippen LogP contribution in [0.3, 0.4) is 0 Å². The van der Waals surface area contributed by atoms with Gasteiger partial charge in [-0.15, -0.1) is 0 Å². The Labute approximate surface area is 164 Å². The molecule has 5 nitrogen and oxygen atoms in total. The minimum atomic E-state index is -4.70. The van der Waals surface area contributed by atoms with E-state index in [1.54, 1.807) is 48.1 Å². The summed E-state index contributed by atoms with van der Waals surface area (Å²) < 4.78 is 68.9. The molecule has 1 N–H and O–H groups in total. The van der Waals surface area contributed by atoms with Crippen molar-refractivity contribution in [2.45, 2.75) is 17.1 Å². The van der Waals surface area contributed by atoms with Gasteiger partial charge in [-0.3, -0.25) is 0 Å². The first kappa shape index (κ1) is 20.4. The number of hydrogen-bond donors (Lipinski definition) is 1. The van der Waals surface area contributed by atoms with E-state index in [4.69, 9.17) is 11.6 Å². The number of alkyl halides is 3. The fraction of sp³-hybridized carbons (Fsp3) is 0.167. The highest BCUT2D eigenvalue weighted by molar-refractivity contribution is 7.89. The predicted molar refractivity (Wildman–Crippen MR) is 98.3 cm³/mol. The number of nitrogens with one attached hydrogen (secondary N) is 1. The van der Waals surface area contributed by atoms with Crippen molar-refractivity contribution in [3.63, 3.8) is 0 Å². The van der Waals surface area contributed by atoms with Crippen molar-refractivity contribution in [2.75, 3.05) is 0 Å². The summed E-state index contributed by atoms with van der Waals surface area (Å²) in [6.45, 7) is 0. The van der Waals surface area contributed by atoms with E-state index in [-0.39, 0.29) is 5.02 Å². The molecule has 148 valence electrons. The highest BCUT2D eigenvalue weighted by Gasteiger charge is 2.34. The lowest BCUT2D eigenvalue weighted by Crippen LogP contribution is -2.31. The second-order valence-corrected chi connectivity index (χ2v) is 8.09. The maximum atomic E-state index is 13.0. The molecular weight excluding hydrogens is 415 g/mol. The smallest absolute Gasteiger partial charge is 0.336 e. The lowest BCUT2D eigenvalue weighted by atomic mass is 10.1. The molecule has 0 bridgehead atoms. The molecule has 28 heavy (non-hydrogen) atoms. The van der Waals surface area contributed by atoms with Crippen LogP contribution in [0.25, 0.3) is 0 Å². The van der Waals surface area contributed by atoms with Crippen LogP contribution in [0.15, 0.2) is 65.8 Å². The van der Waals surface area contributed by atoms with E-state index in [0.717, 1.165) is 12.1 Å². The Hall–Kier alpha value is -2.36. The Bertz CT molecular complexity index is 1080. The average molecular weight is 430 g/mol. The van der Waals surface area contributed by atoms with Crippen molar-refractivity contribution in [1.82, 2.24) is 14.3 Å². The van der Waals surface area contributed by atoms with Gasteiger partial charge < -0.3 is 4.57 Å². The van der Waals surface area contributed by atoms with E-state index in [1.807, 2.05) is 0 Å². The number of hydrogen-bond acceptors (Lipinski definition) is 3. The monoisotopic (exact) mass is 429 g/mol. The Kier molecular flexibility index (Phi) is 5.51. The molecule has 3 aromatic rings. The van der Waals surface area contributed by atoms with E-state index in [1.165, 1.54) is 6.20 Å². The fourth-order valence-corrected chi connectivity index (χ4v) is 4.38. The number of imidazole rings is 1. The Morgan fingerprint density at radius 1 is 1.14 bits per heavy atom. The summed E-state index contributed by atoms with van der Waals surface area (Å²) in [5.74, 6) is 0.373. The second kappa shape index (κ2) is 7.57. The van der Waals surface area contributed by atoms with Gasteiger partial charge in [0.1, 0.15) is 16.8 Å².